The first-order valence-corrected chi connectivity index (χ1v) is 9.60. The maximum Gasteiger partial charge on any atom is 0.407 e. The third-order valence-corrected chi connectivity index (χ3v) is 4.44. The Kier molecular flexibility index (Phi) is 8.83. The smallest absolute Gasteiger partial charge is 0.407 e. The van der Waals surface area contributed by atoms with Crippen molar-refractivity contribution >= 4 is 18.0 Å². The molecule has 0 bridgehead atoms. The highest BCUT2D eigenvalue weighted by Crippen LogP contribution is 2.15. The third-order valence-electron chi connectivity index (χ3n) is 4.44. The highest BCUT2D eigenvalue weighted by Gasteiger charge is 2.43. The summed E-state index contributed by atoms with van der Waals surface area (Å²) in [6, 6.07) is 18.2. The predicted molar refractivity (Wildman–Crippen MR) is 109 cm³/mol. The minimum absolute atomic E-state index is 0.0548. The SMILES string of the molecule is N[C@@](CCCCNC(=O)OCc1ccccc1)(C(=O)O)C(=O)OCc1ccccc1. The minimum atomic E-state index is -2.14. The van der Waals surface area contributed by atoms with Gasteiger partial charge in [-0.3, -0.25) is 0 Å². The lowest BCUT2D eigenvalue weighted by Crippen LogP contribution is -2.55. The molecule has 4 N–H and O–H groups in total. The van der Waals surface area contributed by atoms with Gasteiger partial charge in [-0.2, -0.15) is 0 Å². The first-order chi connectivity index (χ1) is 14.4. The van der Waals surface area contributed by atoms with E-state index >= 15 is 0 Å². The van der Waals surface area contributed by atoms with Crippen molar-refractivity contribution in [3.63, 3.8) is 0 Å². The lowest BCUT2D eigenvalue weighted by atomic mass is 9.94. The molecule has 0 radical (unpaired) electrons. The largest absolute Gasteiger partial charge is 0.479 e. The number of unbranched alkanes of at least 4 members (excludes halogenated alkanes) is 1. The van der Waals surface area contributed by atoms with Crippen molar-refractivity contribution in [3.05, 3.63) is 71.8 Å². The van der Waals surface area contributed by atoms with Crippen LogP contribution in [0.1, 0.15) is 30.4 Å². The fourth-order valence-electron chi connectivity index (χ4n) is 2.64. The van der Waals surface area contributed by atoms with E-state index < -0.39 is 23.6 Å². The molecule has 160 valence electrons. The Morgan fingerprint density at radius 1 is 0.867 bits per heavy atom. The first-order valence-electron chi connectivity index (χ1n) is 9.60. The number of carboxylic acids is 1. The molecule has 2 rings (SSSR count). The number of esters is 1. The number of alkyl carbamates (subject to hydrolysis) is 1. The van der Waals surface area contributed by atoms with E-state index in [0.29, 0.717) is 12.8 Å². The highest BCUT2D eigenvalue weighted by atomic mass is 16.5. The molecule has 2 aromatic carbocycles. The summed E-state index contributed by atoms with van der Waals surface area (Å²) in [4.78, 5) is 35.5. The average Bonchev–Trinajstić information content (AvgIpc) is 2.76. The summed E-state index contributed by atoms with van der Waals surface area (Å²) >= 11 is 0. The average molecular weight is 414 g/mol. The number of carbonyl (C=O) groups excluding carboxylic acids is 2. The summed E-state index contributed by atoms with van der Waals surface area (Å²) in [5, 5.41) is 12.0. The Labute approximate surface area is 175 Å². The quantitative estimate of drug-likeness (QED) is 0.293. The van der Waals surface area contributed by atoms with Gasteiger partial charge in [0, 0.05) is 6.54 Å². The normalized spacial score (nSPS) is 12.4. The van der Waals surface area contributed by atoms with Crippen LogP contribution in [0.3, 0.4) is 0 Å². The zero-order chi connectivity index (χ0) is 21.8. The van der Waals surface area contributed by atoms with Gasteiger partial charge in [-0.1, -0.05) is 60.7 Å². The van der Waals surface area contributed by atoms with E-state index in [4.69, 9.17) is 15.2 Å². The van der Waals surface area contributed by atoms with Crippen LogP contribution in [0.5, 0.6) is 0 Å². The number of carbonyl (C=O) groups is 3. The van der Waals surface area contributed by atoms with Gasteiger partial charge in [0.15, 0.2) is 0 Å². The number of hydrogen-bond donors (Lipinski definition) is 3. The zero-order valence-corrected chi connectivity index (χ0v) is 16.6. The molecular formula is C22H26N2O6. The van der Waals surface area contributed by atoms with Gasteiger partial charge in [0.05, 0.1) is 0 Å². The van der Waals surface area contributed by atoms with E-state index in [1.807, 2.05) is 36.4 Å². The maximum absolute atomic E-state index is 12.3. The molecule has 0 fully saturated rings. The summed E-state index contributed by atoms with van der Waals surface area (Å²) in [5.41, 5.74) is 5.28. The standard InChI is InChI=1S/C22H26N2O6/c23-22(19(25)26,20(27)29-15-17-9-3-1-4-10-17)13-7-8-14-24-21(28)30-16-18-11-5-2-6-12-18/h1-6,9-12H,7-8,13-16,23H2,(H,24,28)(H,25,26)/t22-/m0/s1. The number of amides is 1. The Bertz CT molecular complexity index is 828. The fraction of sp³-hybridized carbons (Fsp3) is 0.318. The summed E-state index contributed by atoms with van der Waals surface area (Å²) in [6.45, 7) is 0.369. The van der Waals surface area contributed by atoms with Crippen molar-refractivity contribution in [2.45, 2.75) is 38.0 Å². The minimum Gasteiger partial charge on any atom is -0.479 e. The van der Waals surface area contributed by atoms with Crippen LogP contribution in [0.25, 0.3) is 0 Å². The van der Waals surface area contributed by atoms with Crippen LogP contribution >= 0.6 is 0 Å². The highest BCUT2D eigenvalue weighted by molar-refractivity contribution is 6.03. The molecule has 0 aliphatic rings. The predicted octanol–water partition coefficient (Wildman–Crippen LogP) is 2.61. The number of carboxylic acid groups (broad SMARTS) is 1. The van der Waals surface area contributed by atoms with Crippen molar-refractivity contribution in [1.82, 2.24) is 5.32 Å². The molecule has 0 saturated carbocycles. The molecule has 0 unspecified atom stereocenters. The van der Waals surface area contributed by atoms with Gasteiger partial charge in [-0.05, 0) is 30.4 Å². The second-order valence-electron chi connectivity index (χ2n) is 6.78. The van der Waals surface area contributed by atoms with Crippen LogP contribution in [-0.4, -0.2) is 35.2 Å². The Morgan fingerprint density at radius 3 is 1.93 bits per heavy atom. The van der Waals surface area contributed by atoms with E-state index in [0.717, 1.165) is 11.1 Å². The van der Waals surface area contributed by atoms with E-state index in [1.54, 1.807) is 24.3 Å². The van der Waals surface area contributed by atoms with Gasteiger partial charge < -0.3 is 25.6 Å². The van der Waals surface area contributed by atoms with Crippen LogP contribution in [0.15, 0.2) is 60.7 Å². The Morgan fingerprint density at radius 2 is 1.40 bits per heavy atom. The Hall–Kier alpha value is -3.39. The molecule has 30 heavy (non-hydrogen) atoms. The van der Waals surface area contributed by atoms with Crippen molar-refractivity contribution in [2.75, 3.05) is 6.54 Å². The van der Waals surface area contributed by atoms with Gasteiger partial charge in [0.25, 0.3) is 0 Å². The van der Waals surface area contributed by atoms with Gasteiger partial charge in [-0.15, -0.1) is 0 Å². The maximum atomic E-state index is 12.3. The van der Waals surface area contributed by atoms with Gasteiger partial charge in [0.1, 0.15) is 13.2 Å². The van der Waals surface area contributed by atoms with E-state index in [9.17, 15) is 19.5 Å². The number of ether oxygens (including phenoxy) is 2. The number of benzene rings is 2. The van der Waals surface area contributed by atoms with Crippen molar-refractivity contribution in [2.24, 2.45) is 5.73 Å². The lowest BCUT2D eigenvalue weighted by molar-refractivity contribution is -0.162. The second kappa shape index (κ2) is 11.6. The van der Waals surface area contributed by atoms with Gasteiger partial charge in [0.2, 0.25) is 5.54 Å². The number of rotatable bonds is 11. The van der Waals surface area contributed by atoms with Crippen LogP contribution < -0.4 is 11.1 Å². The number of nitrogens with two attached hydrogens (primary N) is 1. The molecule has 8 heteroatoms. The number of aliphatic carboxylic acids is 1. The fourth-order valence-corrected chi connectivity index (χ4v) is 2.64. The molecule has 0 aromatic heterocycles. The topological polar surface area (TPSA) is 128 Å². The molecule has 0 aliphatic carbocycles. The number of hydrogen-bond acceptors (Lipinski definition) is 6. The summed E-state index contributed by atoms with van der Waals surface area (Å²) in [6.07, 6.45) is 0.0516. The van der Waals surface area contributed by atoms with E-state index in [2.05, 4.69) is 5.32 Å². The lowest BCUT2D eigenvalue weighted by Gasteiger charge is -2.22. The van der Waals surface area contributed by atoms with Gasteiger partial charge in [-0.25, -0.2) is 14.4 Å². The molecule has 0 aliphatic heterocycles. The van der Waals surface area contributed by atoms with Crippen LogP contribution in [0.4, 0.5) is 4.79 Å². The molecule has 1 atom stereocenters. The molecule has 2 aromatic rings. The van der Waals surface area contributed by atoms with Gasteiger partial charge >= 0.3 is 18.0 Å². The molecule has 1 amide bonds. The second-order valence-corrected chi connectivity index (χ2v) is 6.78. The van der Waals surface area contributed by atoms with Crippen molar-refractivity contribution in [1.29, 1.82) is 0 Å². The number of nitrogens with one attached hydrogen (secondary N) is 1. The monoisotopic (exact) mass is 414 g/mol. The van der Waals surface area contributed by atoms with Crippen molar-refractivity contribution in [3.8, 4) is 0 Å². The summed E-state index contributed by atoms with van der Waals surface area (Å²) in [7, 11) is 0. The molecule has 0 spiro atoms. The van der Waals surface area contributed by atoms with E-state index in [-0.39, 0.29) is 26.2 Å². The molecule has 0 saturated heterocycles. The van der Waals surface area contributed by atoms with Crippen LogP contribution in [0.2, 0.25) is 0 Å². The summed E-state index contributed by atoms with van der Waals surface area (Å²) in [5.74, 6) is -2.44. The van der Waals surface area contributed by atoms with Crippen LogP contribution in [-0.2, 0) is 32.3 Å². The van der Waals surface area contributed by atoms with Crippen molar-refractivity contribution < 1.29 is 29.0 Å². The van der Waals surface area contributed by atoms with E-state index in [1.165, 1.54) is 0 Å². The Balaban J connectivity index is 1.69. The third kappa shape index (κ3) is 7.21. The molecule has 0 heterocycles. The molecular weight excluding hydrogens is 388 g/mol. The zero-order valence-electron chi connectivity index (χ0n) is 16.6. The molecule has 8 nitrogen and oxygen atoms in total. The summed E-state index contributed by atoms with van der Waals surface area (Å²) < 4.78 is 10.2. The van der Waals surface area contributed by atoms with Crippen LogP contribution in [0, 0.1) is 0 Å². The first kappa shape index (κ1) is 22.9.